The highest BCUT2D eigenvalue weighted by atomic mass is 16.7. The van der Waals surface area contributed by atoms with Crippen molar-refractivity contribution in [2.45, 2.75) is 36.8 Å². The molecule has 1 aromatic carbocycles. The van der Waals surface area contributed by atoms with Gasteiger partial charge < -0.3 is 50.0 Å². The van der Waals surface area contributed by atoms with Crippen molar-refractivity contribution in [3.8, 4) is 11.5 Å². The van der Waals surface area contributed by atoms with Crippen molar-refractivity contribution in [3.63, 3.8) is 0 Å². The van der Waals surface area contributed by atoms with Crippen LogP contribution >= 0.6 is 0 Å². The molecule has 0 aliphatic carbocycles. The van der Waals surface area contributed by atoms with E-state index in [1.165, 1.54) is 24.3 Å². The first kappa shape index (κ1) is 24.8. The zero-order chi connectivity index (χ0) is 23.1. The number of esters is 1. The Balaban J connectivity index is 2.00. The largest absolute Gasteiger partial charge is 0.504 e. The molecule has 11 heteroatoms. The summed E-state index contributed by atoms with van der Waals surface area (Å²) >= 11 is 0. The predicted molar refractivity (Wildman–Crippen MR) is 105 cm³/mol. The molecule has 1 fully saturated rings. The monoisotopic (exact) mass is 442 g/mol. The summed E-state index contributed by atoms with van der Waals surface area (Å²) in [6.07, 6.45) is -6.24. The minimum Gasteiger partial charge on any atom is -0.504 e. The van der Waals surface area contributed by atoms with Crippen molar-refractivity contribution < 1.29 is 54.8 Å². The summed E-state index contributed by atoms with van der Waals surface area (Å²) in [6, 6.07) is 3.92. The third kappa shape index (κ3) is 6.48. The van der Waals surface area contributed by atoms with Crippen LogP contribution in [0.3, 0.4) is 0 Å². The Hall–Kier alpha value is -2.51. The van der Waals surface area contributed by atoms with Crippen LogP contribution in [0.4, 0.5) is 0 Å². The van der Waals surface area contributed by atoms with Gasteiger partial charge in [-0.2, -0.15) is 0 Å². The summed E-state index contributed by atoms with van der Waals surface area (Å²) in [7, 11) is 0. The van der Waals surface area contributed by atoms with E-state index in [4.69, 9.17) is 14.2 Å². The summed E-state index contributed by atoms with van der Waals surface area (Å²) < 4.78 is 15.7. The summed E-state index contributed by atoms with van der Waals surface area (Å²) in [6.45, 7) is 2.00. The third-order valence-corrected chi connectivity index (χ3v) is 4.59. The Morgan fingerprint density at radius 3 is 2.45 bits per heavy atom. The molecule has 0 saturated carbocycles. The minimum absolute atomic E-state index is 0.0774. The van der Waals surface area contributed by atoms with E-state index >= 15 is 0 Å². The number of aliphatic hydroxyl groups excluding tert-OH is 5. The molecule has 0 radical (unpaired) electrons. The number of benzene rings is 1. The summed E-state index contributed by atoms with van der Waals surface area (Å²) in [5, 5.41) is 66.9. The maximum Gasteiger partial charge on any atom is 0.331 e. The molecule has 1 aliphatic heterocycles. The average Bonchev–Trinajstić information content (AvgIpc) is 2.76. The summed E-state index contributed by atoms with van der Waals surface area (Å²) in [4.78, 5) is 12.1. The van der Waals surface area contributed by atoms with Gasteiger partial charge in [0.25, 0.3) is 0 Å². The van der Waals surface area contributed by atoms with Gasteiger partial charge in [-0.15, -0.1) is 0 Å². The Morgan fingerprint density at radius 1 is 1.13 bits per heavy atom. The van der Waals surface area contributed by atoms with Crippen LogP contribution in [0, 0.1) is 0 Å². The number of hydrogen-bond donors (Lipinski definition) is 7. The number of aromatic hydroxyl groups is 2. The van der Waals surface area contributed by atoms with Crippen molar-refractivity contribution in [1.29, 1.82) is 0 Å². The van der Waals surface area contributed by atoms with E-state index in [2.05, 4.69) is 6.58 Å². The highest BCUT2D eigenvalue weighted by Crippen LogP contribution is 2.25. The van der Waals surface area contributed by atoms with Gasteiger partial charge in [0, 0.05) is 6.08 Å². The topological polar surface area (TPSA) is 186 Å². The molecule has 172 valence electrons. The van der Waals surface area contributed by atoms with Crippen LogP contribution in [-0.2, 0) is 19.0 Å². The van der Waals surface area contributed by atoms with E-state index < -0.39 is 62.6 Å². The molecular weight excluding hydrogens is 416 g/mol. The number of carbonyl (C=O) groups excluding carboxylic acids is 1. The lowest BCUT2D eigenvalue weighted by Gasteiger charge is -2.39. The smallest absolute Gasteiger partial charge is 0.331 e. The van der Waals surface area contributed by atoms with E-state index in [1.54, 1.807) is 0 Å². The van der Waals surface area contributed by atoms with Crippen LogP contribution in [0.5, 0.6) is 11.5 Å². The van der Waals surface area contributed by atoms with Crippen LogP contribution in [0.25, 0.3) is 6.08 Å². The lowest BCUT2D eigenvalue weighted by Crippen LogP contribution is -2.59. The molecule has 0 aromatic heterocycles. The van der Waals surface area contributed by atoms with Gasteiger partial charge >= 0.3 is 5.97 Å². The van der Waals surface area contributed by atoms with Gasteiger partial charge in [-0.25, -0.2) is 4.79 Å². The number of hydrogen-bond acceptors (Lipinski definition) is 11. The van der Waals surface area contributed by atoms with E-state index in [1.807, 2.05) is 0 Å². The zero-order valence-electron chi connectivity index (χ0n) is 16.4. The van der Waals surface area contributed by atoms with Gasteiger partial charge in [0.1, 0.15) is 30.5 Å². The van der Waals surface area contributed by atoms with Crippen molar-refractivity contribution in [2.24, 2.45) is 0 Å². The fraction of sp³-hybridized carbons (Fsp3) is 0.450. The first-order valence-corrected chi connectivity index (χ1v) is 9.29. The molecule has 0 bridgehead atoms. The number of phenolic OH excluding ortho intramolecular Hbond substituents is 2. The second-order valence-electron chi connectivity index (χ2n) is 6.85. The van der Waals surface area contributed by atoms with Crippen LogP contribution in [-0.4, -0.2) is 98.3 Å². The normalized spacial score (nSPS) is 27.2. The van der Waals surface area contributed by atoms with E-state index in [-0.39, 0.29) is 17.1 Å². The van der Waals surface area contributed by atoms with Crippen molar-refractivity contribution >= 4 is 12.0 Å². The van der Waals surface area contributed by atoms with Gasteiger partial charge in [-0.05, 0) is 29.3 Å². The maximum absolute atomic E-state index is 12.1. The second kappa shape index (κ2) is 11.2. The van der Waals surface area contributed by atoms with E-state index in [0.717, 1.165) is 6.08 Å². The van der Waals surface area contributed by atoms with Crippen molar-refractivity contribution in [2.75, 3.05) is 19.8 Å². The maximum atomic E-state index is 12.1. The molecule has 1 heterocycles. The molecule has 0 spiro atoms. The van der Waals surface area contributed by atoms with Gasteiger partial charge in [0.2, 0.25) is 0 Å². The predicted octanol–water partition coefficient (Wildman–Crippen LogP) is -1.61. The van der Waals surface area contributed by atoms with E-state index in [9.17, 15) is 40.5 Å². The Kier molecular flexibility index (Phi) is 8.95. The molecule has 7 N–H and O–H groups in total. The SMILES string of the molecule is C=C(CO)[C@H](CO[C@@H]1O[C@H](CO)[C@@H](O)[C@H](O)[C@H]1O)OC(=O)/C=C/c1ccc(O)c(O)c1. The van der Waals surface area contributed by atoms with E-state index in [0.29, 0.717) is 5.56 Å². The van der Waals surface area contributed by atoms with Crippen LogP contribution in [0.2, 0.25) is 0 Å². The van der Waals surface area contributed by atoms with Crippen molar-refractivity contribution in [3.05, 3.63) is 42.0 Å². The molecular formula is C20H26O11. The molecule has 0 unspecified atom stereocenters. The second-order valence-corrected chi connectivity index (χ2v) is 6.85. The Morgan fingerprint density at radius 2 is 1.84 bits per heavy atom. The van der Waals surface area contributed by atoms with Crippen LogP contribution < -0.4 is 0 Å². The molecule has 0 amide bonds. The third-order valence-electron chi connectivity index (χ3n) is 4.59. The molecule has 11 nitrogen and oxygen atoms in total. The molecule has 2 rings (SSSR count). The van der Waals surface area contributed by atoms with Gasteiger partial charge in [-0.3, -0.25) is 0 Å². The number of aliphatic hydroxyl groups is 5. The molecule has 1 saturated heterocycles. The van der Waals surface area contributed by atoms with Crippen LogP contribution in [0.1, 0.15) is 5.56 Å². The lowest BCUT2D eigenvalue weighted by atomic mass is 9.99. The van der Waals surface area contributed by atoms with Crippen molar-refractivity contribution in [1.82, 2.24) is 0 Å². The number of rotatable bonds is 9. The quantitative estimate of drug-likeness (QED) is 0.101. The zero-order valence-corrected chi connectivity index (χ0v) is 16.4. The lowest BCUT2D eigenvalue weighted by molar-refractivity contribution is -0.304. The number of phenols is 2. The first-order chi connectivity index (χ1) is 14.7. The molecule has 1 aromatic rings. The fourth-order valence-corrected chi connectivity index (χ4v) is 2.71. The average molecular weight is 442 g/mol. The highest BCUT2D eigenvalue weighted by Gasteiger charge is 2.44. The standard InChI is InChI=1S/C20H26O11/c1-10(7-21)15(9-29-20-19(28)18(27)17(26)14(8-22)31-20)30-16(25)5-3-11-2-4-12(23)13(24)6-11/h2-6,14-15,17-24,26-28H,1,7-9H2/b5-3+/t14-,15+,17-,18+,19-,20-/m1/s1. The summed E-state index contributed by atoms with van der Waals surface area (Å²) in [5.41, 5.74) is 0.482. The number of carbonyl (C=O) groups is 1. The first-order valence-electron chi connectivity index (χ1n) is 9.29. The Labute approximate surface area is 177 Å². The molecule has 1 aliphatic rings. The highest BCUT2D eigenvalue weighted by molar-refractivity contribution is 5.87. The minimum atomic E-state index is -1.64. The number of ether oxygens (including phenoxy) is 3. The van der Waals surface area contributed by atoms with Gasteiger partial charge in [0.05, 0.1) is 19.8 Å². The van der Waals surface area contributed by atoms with Crippen LogP contribution in [0.15, 0.2) is 36.4 Å². The summed E-state index contributed by atoms with van der Waals surface area (Å²) in [5.74, 6) is -1.52. The molecule has 31 heavy (non-hydrogen) atoms. The molecule has 6 atom stereocenters. The Bertz CT molecular complexity index is 791. The fourth-order valence-electron chi connectivity index (χ4n) is 2.71. The van der Waals surface area contributed by atoms with Gasteiger partial charge in [-0.1, -0.05) is 12.6 Å². The van der Waals surface area contributed by atoms with Gasteiger partial charge in [0.15, 0.2) is 17.8 Å².